The average Bonchev–Trinajstić information content (AvgIpc) is 2.17. The normalized spacial score (nSPS) is 18.7. The molecule has 1 aliphatic carbocycles. The first-order chi connectivity index (χ1) is 3.29. The van der Waals surface area contributed by atoms with E-state index in [4.69, 9.17) is 0 Å². The topological polar surface area (TPSA) is 3.24 Å². The van der Waals surface area contributed by atoms with E-state index in [1.54, 1.807) is 0 Å². The molecule has 0 heterocycles. The largest absolute Gasteiger partial charge is 0.309 e. The third-order valence-corrected chi connectivity index (χ3v) is 1.04. The van der Waals surface area contributed by atoms with Gasteiger partial charge < -0.3 is 4.90 Å². The molecule has 0 amide bonds. The Kier molecular flexibility index (Phi) is 1.15. The van der Waals surface area contributed by atoms with Gasteiger partial charge in [-0.2, -0.15) is 0 Å². The molecule has 0 aromatic rings. The van der Waals surface area contributed by atoms with Gasteiger partial charge in [-0.1, -0.05) is 12.2 Å². The Morgan fingerprint density at radius 3 is 2.14 bits per heavy atom. The Morgan fingerprint density at radius 2 is 2.00 bits per heavy atom. The van der Waals surface area contributed by atoms with Crippen molar-refractivity contribution in [3.63, 3.8) is 0 Å². The quantitative estimate of drug-likeness (QED) is 0.459. The second-order valence-electron chi connectivity index (χ2n) is 2.31. The van der Waals surface area contributed by atoms with Gasteiger partial charge in [-0.3, -0.25) is 0 Å². The van der Waals surface area contributed by atoms with Gasteiger partial charge in [-0.25, -0.2) is 0 Å². The first-order valence-corrected chi connectivity index (χ1v) is 2.62. The molecule has 0 bridgehead atoms. The predicted molar refractivity (Wildman–Crippen MR) is 31.2 cm³/mol. The molecule has 0 aliphatic heterocycles. The van der Waals surface area contributed by atoms with Gasteiger partial charge in [0.05, 0.1) is 0 Å². The van der Waals surface area contributed by atoms with Crippen LogP contribution in [0.1, 0.15) is 0 Å². The van der Waals surface area contributed by atoms with Crippen LogP contribution in [0.25, 0.3) is 0 Å². The van der Waals surface area contributed by atoms with E-state index in [0.717, 1.165) is 5.92 Å². The molecule has 0 aromatic carbocycles. The summed E-state index contributed by atoms with van der Waals surface area (Å²) in [5.41, 5.74) is 0. The Labute approximate surface area is 44.6 Å². The van der Waals surface area contributed by atoms with Crippen LogP contribution in [0.3, 0.4) is 0 Å². The van der Waals surface area contributed by atoms with Crippen molar-refractivity contribution in [3.05, 3.63) is 12.2 Å². The molecule has 0 saturated carbocycles. The molecule has 0 N–H and O–H groups in total. The Hall–Kier alpha value is -0.300. The van der Waals surface area contributed by atoms with E-state index in [2.05, 4.69) is 31.1 Å². The van der Waals surface area contributed by atoms with Crippen molar-refractivity contribution >= 4 is 0 Å². The number of hydrogen-bond donors (Lipinski definition) is 0. The van der Waals surface area contributed by atoms with E-state index in [1.807, 2.05) is 0 Å². The Morgan fingerprint density at radius 1 is 1.43 bits per heavy atom. The highest BCUT2D eigenvalue weighted by Gasteiger charge is 2.09. The monoisotopic (exact) mass is 97.1 g/mol. The Balaban J connectivity index is 1.99. The zero-order valence-electron chi connectivity index (χ0n) is 4.89. The zero-order chi connectivity index (χ0) is 5.28. The summed E-state index contributed by atoms with van der Waals surface area (Å²) in [6, 6.07) is 0. The molecule has 1 heteroatoms. The molecule has 0 radical (unpaired) electrons. The van der Waals surface area contributed by atoms with Crippen LogP contribution >= 0.6 is 0 Å². The van der Waals surface area contributed by atoms with Crippen LogP contribution in [0, 0.1) is 5.92 Å². The fourth-order valence-corrected chi connectivity index (χ4v) is 0.622. The minimum absolute atomic E-state index is 0.801. The number of nitrogens with zero attached hydrogens (tertiary/aromatic N) is 1. The molecular weight excluding hydrogens is 86.1 g/mol. The van der Waals surface area contributed by atoms with Crippen molar-refractivity contribution in [2.75, 3.05) is 20.6 Å². The van der Waals surface area contributed by atoms with Crippen molar-refractivity contribution < 1.29 is 0 Å². The maximum atomic E-state index is 2.22. The first kappa shape index (κ1) is 4.85. The fraction of sp³-hybridized carbons (Fsp3) is 0.667. The van der Waals surface area contributed by atoms with Gasteiger partial charge in [0, 0.05) is 12.5 Å². The molecule has 1 nitrogen and oxygen atoms in total. The van der Waals surface area contributed by atoms with Gasteiger partial charge in [0.25, 0.3) is 0 Å². The van der Waals surface area contributed by atoms with Gasteiger partial charge in [0.2, 0.25) is 0 Å². The molecule has 0 aromatic heterocycles. The Bertz CT molecular complexity index is 78.2. The second-order valence-corrected chi connectivity index (χ2v) is 2.31. The summed E-state index contributed by atoms with van der Waals surface area (Å²) in [5, 5.41) is 0. The van der Waals surface area contributed by atoms with Gasteiger partial charge in [-0.15, -0.1) is 0 Å². The van der Waals surface area contributed by atoms with Crippen molar-refractivity contribution in [2.45, 2.75) is 0 Å². The van der Waals surface area contributed by atoms with Crippen LogP contribution < -0.4 is 0 Å². The van der Waals surface area contributed by atoms with E-state index >= 15 is 0 Å². The van der Waals surface area contributed by atoms with Crippen LogP contribution in [-0.4, -0.2) is 25.5 Å². The third-order valence-electron chi connectivity index (χ3n) is 1.04. The summed E-state index contributed by atoms with van der Waals surface area (Å²) >= 11 is 0. The van der Waals surface area contributed by atoms with Crippen LogP contribution in [0.5, 0.6) is 0 Å². The standard InChI is InChI=1S/C6H11N/c1-7(2)5-6-3-4-6/h3-4,6H,5H2,1-2H3. The van der Waals surface area contributed by atoms with Gasteiger partial charge in [0.15, 0.2) is 0 Å². The lowest BCUT2D eigenvalue weighted by Gasteiger charge is -2.05. The molecule has 7 heavy (non-hydrogen) atoms. The summed E-state index contributed by atoms with van der Waals surface area (Å²) < 4.78 is 0. The molecule has 40 valence electrons. The summed E-state index contributed by atoms with van der Waals surface area (Å²) in [6.45, 7) is 1.19. The smallest absolute Gasteiger partial charge is 0.00744 e. The van der Waals surface area contributed by atoms with Crippen molar-refractivity contribution in [2.24, 2.45) is 5.92 Å². The van der Waals surface area contributed by atoms with E-state index in [1.165, 1.54) is 6.54 Å². The fourth-order valence-electron chi connectivity index (χ4n) is 0.622. The maximum absolute atomic E-state index is 2.22. The van der Waals surface area contributed by atoms with E-state index < -0.39 is 0 Å². The highest BCUT2D eigenvalue weighted by atomic mass is 15.1. The van der Waals surface area contributed by atoms with Gasteiger partial charge >= 0.3 is 0 Å². The number of hydrogen-bond acceptors (Lipinski definition) is 1. The molecule has 1 rings (SSSR count). The van der Waals surface area contributed by atoms with Crippen LogP contribution in [0.15, 0.2) is 12.2 Å². The summed E-state index contributed by atoms with van der Waals surface area (Å²) in [5.74, 6) is 0.801. The van der Waals surface area contributed by atoms with E-state index in [9.17, 15) is 0 Å². The van der Waals surface area contributed by atoms with Crippen molar-refractivity contribution in [1.82, 2.24) is 4.90 Å². The SMILES string of the molecule is CN(C)CC1C=C1. The lowest BCUT2D eigenvalue weighted by Crippen LogP contribution is -2.14. The number of rotatable bonds is 2. The zero-order valence-corrected chi connectivity index (χ0v) is 4.89. The molecule has 0 fully saturated rings. The molecule has 0 saturated heterocycles. The molecule has 0 spiro atoms. The molecular formula is C6H11N. The predicted octanol–water partition coefficient (Wildman–Crippen LogP) is 0.734. The van der Waals surface area contributed by atoms with E-state index in [-0.39, 0.29) is 0 Å². The van der Waals surface area contributed by atoms with Crippen LogP contribution in [0.2, 0.25) is 0 Å². The van der Waals surface area contributed by atoms with E-state index in [0.29, 0.717) is 0 Å². The minimum atomic E-state index is 0.801. The molecule has 0 unspecified atom stereocenters. The average molecular weight is 97.2 g/mol. The lowest BCUT2D eigenvalue weighted by atomic mass is 10.4. The third kappa shape index (κ3) is 1.74. The van der Waals surface area contributed by atoms with Gasteiger partial charge in [0.1, 0.15) is 0 Å². The second kappa shape index (κ2) is 1.66. The highest BCUT2D eigenvalue weighted by molar-refractivity contribution is 5.13. The maximum Gasteiger partial charge on any atom is 0.00744 e. The molecule has 1 aliphatic rings. The summed E-state index contributed by atoms with van der Waals surface area (Å²) in [7, 11) is 4.19. The van der Waals surface area contributed by atoms with Crippen molar-refractivity contribution in [1.29, 1.82) is 0 Å². The van der Waals surface area contributed by atoms with Crippen molar-refractivity contribution in [3.8, 4) is 0 Å². The minimum Gasteiger partial charge on any atom is -0.309 e. The summed E-state index contributed by atoms with van der Waals surface area (Å²) in [6.07, 6.45) is 4.44. The lowest BCUT2D eigenvalue weighted by molar-refractivity contribution is 0.400. The first-order valence-electron chi connectivity index (χ1n) is 2.62. The molecule has 0 atom stereocenters. The van der Waals surface area contributed by atoms with Crippen LogP contribution in [0.4, 0.5) is 0 Å². The summed E-state index contributed by atoms with van der Waals surface area (Å²) in [4.78, 5) is 2.20. The highest BCUT2D eigenvalue weighted by Crippen LogP contribution is 2.14. The van der Waals surface area contributed by atoms with Crippen LogP contribution in [-0.2, 0) is 0 Å². The van der Waals surface area contributed by atoms with Gasteiger partial charge in [-0.05, 0) is 14.1 Å².